The van der Waals surface area contributed by atoms with Crippen LogP contribution in [0.5, 0.6) is 5.75 Å². The minimum absolute atomic E-state index is 0.00560. The van der Waals surface area contributed by atoms with Gasteiger partial charge in [0.05, 0.1) is 6.61 Å². The van der Waals surface area contributed by atoms with E-state index >= 15 is 0 Å². The molecule has 0 saturated carbocycles. The zero-order valence-corrected chi connectivity index (χ0v) is 15.7. The molecule has 0 spiro atoms. The number of rotatable bonds is 9. The van der Waals surface area contributed by atoms with E-state index in [0.717, 1.165) is 30.0 Å². The van der Waals surface area contributed by atoms with Gasteiger partial charge in [0.2, 0.25) is 0 Å². The van der Waals surface area contributed by atoms with E-state index < -0.39 is 0 Å². The molecule has 0 N–H and O–H groups in total. The number of ketones is 1. The number of unbranched alkanes of at least 4 members (excludes halogenated alkanes) is 2. The lowest BCUT2D eigenvalue weighted by atomic mass is 10.1. The largest absolute Gasteiger partial charge is 0.494 e. The molecule has 0 unspecified atom stereocenters. The minimum atomic E-state index is -0.00560. The second-order valence-electron chi connectivity index (χ2n) is 6.46. The Balaban J connectivity index is 1.56. The number of hydrogen-bond donors (Lipinski definition) is 0. The number of aromatic nitrogens is 1. The van der Waals surface area contributed by atoms with Gasteiger partial charge >= 0.3 is 0 Å². The van der Waals surface area contributed by atoms with Crippen molar-refractivity contribution in [3.63, 3.8) is 0 Å². The average Bonchev–Trinajstić information content (AvgIpc) is 3.25. The van der Waals surface area contributed by atoms with Gasteiger partial charge in [-0.2, -0.15) is 0 Å². The van der Waals surface area contributed by atoms with Crippen molar-refractivity contribution in [1.29, 1.82) is 0 Å². The molecule has 0 bridgehead atoms. The Labute approximate surface area is 160 Å². The summed E-state index contributed by atoms with van der Waals surface area (Å²) in [5.41, 5.74) is 2.70. The molecule has 27 heavy (non-hydrogen) atoms. The quantitative estimate of drug-likeness (QED) is 0.269. The Morgan fingerprint density at radius 1 is 0.963 bits per heavy atom. The van der Waals surface area contributed by atoms with Crippen molar-refractivity contribution >= 4 is 11.9 Å². The molecule has 3 nitrogen and oxygen atoms in total. The first-order valence-electron chi connectivity index (χ1n) is 9.45. The first kappa shape index (κ1) is 18.7. The van der Waals surface area contributed by atoms with E-state index in [1.165, 1.54) is 12.8 Å². The number of carbonyl (C=O) groups excluding carboxylic acids is 1. The Morgan fingerprint density at radius 2 is 1.67 bits per heavy atom. The van der Waals surface area contributed by atoms with Gasteiger partial charge < -0.3 is 9.30 Å². The number of carbonyl (C=O) groups is 1. The summed E-state index contributed by atoms with van der Waals surface area (Å²) in [6.45, 7) is 2.93. The smallest absolute Gasteiger partial charge is 0.185 e. The van der Waals surface area contributed by atoms with Gasteiger partial charge in [-0.1, -0.05) is 38.0 Å². The van der Waals surface area contributed by atoms with E-state index in [9.17, 15) is 4.79 Å². The first-order valence-corrected chi connectivity index (χ1v) is 9.45. The van der Waals surface area contributed by atoms with Crippen LogP contribution in [0.2, 0.25) is 0 Å². The van der Waals surface area contributed by atoms with Crippen LogP contribution in [0.1, 0.15) is 42.1 Å². The van der Waals surface area contributed by atoms with Crippen LogP contribution in [0.15, 0.2) is 79.1 Å². The Morgan fingerprint density at radius 3 is 2.33 bits per heavy atom. The van der Waals surface area contributed by atoms with Gasteiger partial charge in [0.25, 0.3) is 0 Å². The maximum Gasteiger partial charge on any atom is 0.185 e. The number of benzene rings is 2. The molecule has 0 aliphatic rings. The lowest BCUT2D eigenvalue weighted by Crippen LogP contribution is -1.97. The molecule has 0 atom stereocenters. The van der Waals surface area contributed by atoms with E-state index in [0.29, 0.717) is 5.56 Å². The molecule has 1 heterocycles. The molecule has 1 aromatic heterocycles. The molecular formula is C24H25NO2. The van der Waals surface area contributed by atoms with E-state index in [2.05, 4.69) is 6.92 Å². The maximum absolute atomic E-state index is 12.4. The van der Waals surface area contributed by atoms with Crippen molar-refractivity contribution in [2.45, 2.75) is 26.2 Å². The summed E-state index contributed by atoms with van der Waals surface area (Å²) in [5.74, 6) is 0.865. The Kier molecular flexibility index (Phi) is 6.64. The molecule has 0 aliphatic carbocycles. The average molecular weight is 359 g/mol. The molecule has 0 amide bonds. The Hall–Kier alpha value is -3.07. The summed E-state index contributed by atoms with van der Waals surface area (Å²) in [7, 11) is 0. The fourth-order valence-electron chi connectivity index (χ4n) is 2.79. The maximum atomic E-state index is 12.4. The van der Waals surface area contributed by atoms with Crippen LogP contribution in [0.25, 0.3) is 11.8 Å². The zero-order chi connectivity index (χ0) is 18.9. The van der Waals surface area contributed by atoms with E-state index in [4.69, 9.17) is 4.74 Å². The standard InChI is InChI=1S/C24H25NO2/c1-2-3-6-19-27-23-14-7-20(8-15-23)9-16-24(26)21-10-12-22(13-11-21)25-17-4-5-18-25/h4-5,7-18H,2-3,6,19H2,1H3/b16-9+. The van der Waals surface area contributed by atoms with Crippen LogP contribution in [0.3, 0.4) is 0 Å². The molecule has 0 saturated heterocycles. The van der Waals surface area contributed by atoms with Crippen molar-refractivity contribution in [2.75, 3.05) is 6.61 Å². The van der Waals surface area contributed by atoms with Crippen LogP contribution in [-0.2, 0) is 0 Å². The van der Waals surface area contributed by atoms with Gasteiger partial charge in [-0.3, -0.25) is 4.79 Å². The highest BCUT2D eigenvalue weighted by Crippen LogP contribution is 2.15. The van der Waals surface area contributed by atoms with Crippen LogP contribution in [0, 0.1) is 0 Å². The van der Waals surface area contributed by atoms with Crippen molar-refractivity contribution in [3.05, 3.63) is 90.3 Å². The van der Waals surface area contributed by atoms with Crippen LogP contribution in [0.4, 0.5) is 0 Å². The van der Waals surface area contributed by atoms with Gasteiger partial charge in [0, 0.05) is 23.6 Å². The molecule has 3 heteroatoms. The highest BCUT2D eigenvalue weighted by atomic mass is 16.5. The fraction of sp³-hybridized carbons (Fsp3) is 0.208. The lowest BCUT2D eigenvalue weighted by molar-refractivity contribution is 0.104. The van der Waals surface area contributed by atoms with Gasteiger partial charge in [-0.25, -0.2) is 0 Å². The number of hydrogen-bond acceptors (Lipinski definition) is 2. The highest BCUT2D eigenvalue weighted by Gasteiger charge is 2.02. The second kappa shape index (κ2) is 9.58. The molecule has 3 aromatic rings. The minimum Gasteiger partial charge on any atom is -0.494 e. The van der Waals surface area contributed by atoms with Crippen molar-refractivity contribution < 1.29 is 9.53 Å². The van der Waals surface area contributed by atoms with Crippen LogP contribution >= 0.6 is 0 Å². The SMILES string of the molecule is CCCCCOc1ccc(/C=C/C(=O)c2ccc(-n3cccc3)cc2)cc1. The van der Waals surface area contributed by atoms with Gasteiger partial charge in [-0.15, -0.1) is 0 Å². The summed E-state index contributed by atoms with van der Waals surface area (Å²) in [6.07, 6.45) is 10.9. The number of nitrogens with zero attached hydrogens (tertiary/aromatic N) is 1. The number of ether oxygens (including phenoxy) is 1. The van der Waals surface area contributed by atoms with E-state index in [-0.39, 0.29) is 5.78 Å². The Bertz CT molecular complexity index is 860. The summed E-state index contributed by atoms with van der Waals surface area (Å²) in [6, 6.07) is 19.4. The normalized spacial score (nSPS) is 11.0. The molecule has 0 fully saturated rings. The molecule has 2 aromatic carbocycles. The first-order chi connectivity index (χ1) is 13.3. The topological polar surface area (TPSA) is 31.2 Å². The van der Waals surface area contributed by atoms with E-state index in [1.54, 1.807) is 6.08 Å². The van der Waals surface area contributed by atoms with Gasteiger partial charge in [0.15, 0.2) is 5.78 Å². The summed E-state index contributed by atoms with van der Waals surface area (Å²) >= 11 is 0. The van der Waals surface area contributed by atoms with Crippen molar-refractivity contribution in [3.8, 4) is 11.4 Å². The summed E-state index contributed by atoms with van der Waals surface area (Å²) < 4.78 is 7.72. The predicted octanol–water partition coefficient (Wildman–Crippen LogP) is 5.94. The third-order valence-corrected chi connectivity index (χ3v) is 4.38. The van der Waals surface area contributed by atoms with Gasteiger partial charge in [0.1, 0.15) is 5.75 Å². The van der Waals surface area contributed by atoms with Crippen molar-refractivity contribution in [2.24, 2.45) is 0 Å². The monoisotopic (exact) mass is 359 g/mol. The summed E-state index contributed by atoms with van der Waals surface area (Å²) in [5, 5.41) is 0. The predicted molar refractivity (Wildman–Crippen MR) is 111 cm³/mol. The molecule has 0 aliphatic heterocycles. The van der Waals surface area contributed by atoms with Crippen molar-refractivity contribution in [1.82, 2.24) is 4.57 Å². The third-order valence-electron chi connectivity index (χ3n) is 4.38. The lowest BCUT2D eigenvalue weighted by Gasteiger charge is -2.05. The second-order valence-corrected chi connectivity index (χ2v) is 6.46. The zero-order valence-electron chi connectivity index (χ0n) is 15.7. The van der Waals surface area contributed by atoms with Crippen LogP contribution < -0.4 is 4.74 Å². The number of allylic oxidation sites excluding steroid dienone is 1. The van der Waals surface area contributed by atoms with Gasteiger partial charge in [-0.05, 0) is 66.6 Å². The molecule has 0 radical (unpaired) electrons. The highest BCUT2D eigenvalue weighted by molar-refractivity contribution is 6.06. The van der Waals surface area contributed by atoms with E-state index in [1.807, 2.05) is 83.7 Å². The van der Waals surface area contributed by atoms with Crippen LogP contribution in [-0.4, -0.2) is 17.0 Å². The third kappa shape index (κ3) is 5.45. The molecular weight excluding hydrogens is 334 g/mol. The summed E-state index contributed by atoms with van der Waals surface area (Å²) in [4.78, 5) is 12.4. The fourth-order valence-corrected chi connectivity index (χ4v) is 2.79. The molecule has 3 rings (SSSR count). The molecule has 138 valence electrons.